The van der Waals surface area contributed by atoms with E-state index in [1.54, 1.807) is 6.07 Å². The summed E-state index contributed by atoms with van der Waals surface area (Å²) >= 11 is 6.50. The first-order valence-electron chi connectivity index (χ1n) is 18.4. The molecule has 7 heteroatoms. The molecule has 0 spiro atoms. The van der Waals surface area contributed by atoms with E-state index in [2.05, 4.69) is 120 Å². The molecule has 1 fully saturated rings. The van der Waals surface area contributed by atoms with E-state index in [0.717, 1.165) is 52.9 Å². The number of hydrogen-bond donors (Lipinski definition) is 0. The number of alkyl halides is 3. The Bertz CT molecular complexity index is 2160. The molecule has 4 aromatic carbocycles. The maximum Gasteiger partial charge on any atom is 0.416 e. The number of halogens is 4. The number of nitrogens with zero attached hydrogens (tertiary/aromatic N) is 3. The van der Waals surface area contributed by atoms with Gasteiger partial charge < -0.3 is 9.80 Å². The van der Waals surface area contributed by atoms with Crippen LogP contribution in [0.4, 0.5) is 35.9 Å². The zero-order valence-corrected chi connectivity index (χ0v) is 32.0. The molecule has 0 saturated heterocycles. The number of allylic oxidation sites excluding steroid dienone is 8. The average Bonchev–Trinajstić information content (AvgIpc) is 3.70. The highest BCUT2D eigenvalue weighted by Crippen LogP contribution is 2.50. The third-order valence-electron chi connectivity index (χ3n) is 11.1. The summed E-state index contributed by atoms with van der Waals surface area (Å²) in [5.41, 5.74) is 10.2. The molecule has 0 amide bonds. The molecule has 53 heavy (non-hydrogen) atoms. The Kier molecular flexibility index (Phi) is 9.57. The Hall–Kier alpha value is -4.81. The second-order valence-corrected chi connectivity index (χ2v) is 15.4. The summed E-state index contributed by atoms with van der Waals surface area (Å²) in [6, 6.07) is 31.2. The first-order chi connectivity index (χ1) is 25.3. The third kappa shape index (κ3) is 6.45. The summed E-state index contributed by atoms with van der Waals surface area (Å²) in [5.74, 6) is 0. The normalized spacial score (nSPS) is 20.6. The molecule has 7 rings (SSSR count). The summed E-state index contributed by atoms with van der Waals surface area (Å²) in [6.07, 6.45) is 6.18. The van der Waals surface area contributed by atoms with Crippen LogP contribution < -0.4 is 14.4 Å². The van der Waals surface area contributed by atoms with Gasteiger partial charge in [-0.25, -0.2) is 0 Å². The molecule has 0 N–H and O–H groups in total. The van der Waals surface area contributed by atoms with Crippen LogP contribution in [0.25, 0.3) is 0 Å². The fourth-order valence-electron chi connectivity index (χ4n) is 8.43. The number of benzene rings is 4. The summed E-state index contributed by atoms with van der Waals surface area (Å²) in [7, 11) is 0. The van der Waals surface area contributed by atoms with Gasteiger partial charge in [-0.15, -0.1) is 0 Å². The smallest absolute Gasteiger partial charge is 0.344 e. The number of likely N-dealkylation sites (N-methyl/N-ethyl adjacent to an activating group) is 2. The van der Waals surface area contributed by atoms with Crippen molar-refractivity contribution in [3.05, 3.63) is 166 Å². The van der Waals surface area contributed by atoms with Crippen molar-refractivity contribution < 1.29 is 13.2 Å². The predicted octanol–water partition coefficient (Wildman–Crippen LogP) is 12.7. The molecule has 0 aromatic heterocycles. The van der Waals surface area contributed by atoms with Gasteiger partial charge in [0.2, 0.25) is 17.1 Å². The lowest BCUT2D eigenvalue weighted by atomic mass is 9.83. The summed E-state index contributed by atoms with van der Waals surface area (Å²) < 4.78 is 43.9. The van der Waals surface area contributed by atoms with E-state index in [9.17, 15) is 13.2 Å². The monoisotopic (exact) mass is 732 g/mol. The van der Waals surface area contributed by atoms with E-state index in [-0.39, 0.29) is 5.41 Å². The van der Waals surface area contributed by atoms with E-state index in [4.69, 9.17) is 11.6 Å². The van der Waals surface area contributed by atoms with Gasteiger partial charge >= 0.3 is 6.18 Å². The molecular formula is C46H46ClF3N3+. The van der Waals surface area contributed by atoms with Crippen LogP contribution in [0.5, 0.6) is 0 Å². The second kappa shape index (κ2) is 13.9. The van der Waals surface area contributed by atoms with E-state index in [1.165, 1.54) is 40.2 Å². The number of fused-ring (bicyclic) bond motifs is 2. The van der Waals surface area contributed by atoms with Crippen molar-refractivity contribution in [1.82, 2.24) is 4.58 Å². The van der Waals surface area contributed by atoms with Gasteiger partial charge in [0.05, 0.1) is 5.56 Å². The van der Waals surface area contributed by atoms with Gasteiger partial charge in [-0.3, -0.25) is 0 Å². The first-order valence-corrected chi connectivity index (χ1v) is 18.8. The average molecular weight is 733 g/mol. The quantitative estimate of drug-likeness (QED) is 0.183. The second-order valence-electron chi connectivity index (χ2n) is 15.0. The van der Waals surface area contributed by atoms with E-state index in [1.807, 2.05) is 39.0 Å². The van der Waals surface area contributed by atoms with Crippen LogP contribution in [0.3, 0.4) is 0 Å². The lowest BCUT2D eigenvalue weighted by Crippen LogP contribution is -2.26. The predicted molar refractivity (Wildman–Crippen MR) is 216 cm³/mol. The molecule has 0 atom stereocenters. The van der Waals surface area contributed by atoms with Gasteiger partial charge in [-0.05, 0) is 86.4 Å². The molecule has 1 aliphatic carbocycles. The number of para-hydroxylation sites is 2. The molecule has 0 bridgehead atoms. The lowest BCUT2D eigenvalue weighted by Gasteiger charge is -2.26. The van der Waals surface area contributed by atoms with E-state index in [0.29, 0.717) is 12.1 Å². The van der Waals surface area contributed by atoms with E-state index < -0.39 is 17.2 Å². The van der Waals surface area contributed by atoms with Crippen molar-refractivity contribution in [3.8, 4) is 0 Å². The molecule has 3 aliphatic rings. The molecule has 4 aromatic rings. The Morgan fingerprint density at radius 3 is 1.55 bits per heavy atom. The highest BCUT2D eigenvalue weighted by atomic mass is 35.5. The van der Waals surface area contributed by atoms with Gasteiger partial charge in [-0.1, -0.05) is 87.8 Å². The Balaban J connectivity index is 1.41. The number of hydrogen-bond acceptors (Lipinski definition) is 2. The largest absolute Gasteiger partial charge is 0.416 e. The van der Waals surface area contributed by atoms with Crippen LogP contribution in [-0.2, 0) is 17.0 Å². The lowest BCUT2D eigenvalue weighted by molar-refractivity contribution is -0.137. The van der Waals surface area contributed by atoms with Crippen LogP contribution in [0, 0.1) is 0 Å². The molecule has 0 radical (unpaired) electrons. The fraction of sp³-hybridized carbons (Fsp3) is 0.283. The highest BCUT2D eigenvalue weighted by Gasteiger charge is 2.43. The molecular weight excluding hydrogens is 687 g/mol. The van der Waals surface area contributed by atoms with Gasteiger partial charge in [0.25, 0.3) is 0 Å². The van der Waals surface area contributed by atoms with Gasteiger partial charge in [0.15, 0.2) is 0 Å². The zero-order chi connectivity index (χ0) is 37.7. The fourth-order valence-corrected chi connectivity index (χ4v) is 8.60. The Labute approximate surface area is 316 Å². The maximum absolute atomic E-state index is 13.8. The zero-order valence-electron chi connectivity index (χ0n) is 31.2. The minimum atomic E-state index is -4.40. The van der Waals surface area contributed by atoms with Crippen molar-refractivity contribution in [2.75, 3.05) is 22.9 Å². The SMILES string of the molecule is CCN1C(=CC=C2CCC(=CC=C3N(CC)c4ccc(C(F)(F)F)cc4C3(C)C)C2=[N+](c2ccccc2)c2ccccc2)C(C)(C)c2cc(Cl)ccc21. The first kappa shape index (κ1) is 36.5. The topological polar surface area (TPSA) is 9.49 Å². The Morgan fingerprint density at radius 2 is 1.09 bits per heavy atom. The highest BCUT2D eigenvalue weighted by molar-refractivity contribution is 6.30. The van der Waals surface area contributed by atoms with Gasteiger partial charge in [0.1, 0.15) is 0 Å². The molecule has 1 saturated carbocycles. The van der Waals surface area contributed by atoms with Crippen molar-refractivity contribution in [1.29, 1.82) is 0 Å². The van der Waals surface area contributed by atoms with Gasteiger partial charge in [-0.2, -0.15) is 17.7 Å². The molecule has 0 unspecified atom stereocenters. The van der Waals surface area contributed by atoms with Crippen molar-refractivity contribution in [2.24, 2.45) is 0 Å². The summed E-state index contributed by atoms with van der Waals surface area (Å²) in [4.78, 5) is 4.54. The summed E-state index contributed by atoms with van der Waals surface area (Å²) in [5, 5.41) is 0.736. The standard InChI is InChI=1S/C46H46ClF3N3/c1-7-51-39-25-23-33(46(48,49)50)29-37(39)44(3,4)41(51)27-21-31-19-20-32(43(31)53(35-15-11-9-12-16-35)36-17-13-10-14-18-36)22-28-42-45(5,6)38-30-34(47)24-26-40(38)52(42)8-2/h9-18,21-30H,7-8,19-20H2,1-6H3/q+1. The number of anilines is 2. The Morgan fingerprint density at radius 1 is 0.642 bits per heavy atom. The van der Waals surface area contributed by atoms with Gasteiger partial charge in [0, 0.05) is 87.1 Å². The van der Waals surface area contributed by atoms with Crippen molar-refractivity contribution in [3.63, 3.8) is 0 Å². The van der Waals surface area contributed by atoms with Crippen molar-refractivity contribution >= 4 is 40.1 Å². The molecule has 3 nitrogen and oxygen atoms in total. The summed E-state index contributed by atoms with van der Waals surface area (Å²) in [6.45, 7) is 14.3. The van der Waals surface area contributed by atoms with Crippen LogP contribution >= 0.6 is 11.6 Å². The maximum atomic E-state index is 13.8. The van der Waals surface area contributed by atoms with E-state index >= 15 is 0 Å². The minimum absolute atomic E-state index is 0.244. The van der Waals surface area contributed by atoms with Crippen LogP contribution in [0.1, 0.15) is 71.1 Å². The third-order valence-corrected chi connectivity index (χ3v) is 11.3. The molecule has 2 aliphatic heterocycles. The van der Waals surface area contributed by atoms with Crippen LogP contribution in [-0.4, -0.2) is 18.8 Å². The molecule has 2 heterocycles. The van der Waals surface area contributed by atoms with Crippen molar-refractivity contribution in [2.45, 2.75) is 71.4 Å². The van der Waals surface area contributed by atoms with Crippen LogP contribution in [0.15, 0.2) is 144 Å². The number of rotatable bonds is 6. The minimum Gasteiger partial charge on any atom is -0.344 e. The van der Waals surface area contributed by atoms with Crippen LogP contribution in [0.2, 0.25) is 5.02 Å². The molecule has 272 valence electrons.